The van der Waals surface area contributed by atoms with E-state index in [-0.39, 0.29) is 24.2 Å². The van der Waals surface area contributed by atoms with Crippen LogP contribution in [0, 0.1) is 6.92 Å². The van der Waals surface area contributed by atoms with Crippen LogP contribution in [-0.4, -0.2) is 64.2 Å². The Morgan fingerprint density at radius 1 is 1.06 bits per heavy atom. The van der Waals surface area contributed by atoms with Crippen molar-refractivity contribution in [3.05, 3.63) is 53.6 Å². The number of carbonyl (C=O) groups is 2. The van der Waals surface area contributed by atoms with Gasteiger partial charge in [0.2, 0.25) is 21.8 Å². The van der Waals surface area contributed by atoms with Crippen molar-refractivity contribution in [2.75, 3.05) is 31.3 Å². The summed E-state index contributed by atoms with van der Waals surface area (Å²) in [6.07, 6.45) is 1.77. The molecule has 0 radical (unpaired) electrons. The Kier molecular flexibility index (Phi) is 10.2. The lowest BCUT2D eigenvalue weighted by atomic mass is 10.1. The predicted molar refractivity (Wildman–Crippen MR) is 141 cm³/mol. The van der Waals surface area contributed by atoms with Crippen molar-refractivity contribution in [1.82, 2.24) is 10.2 Å². The number of sulfonamides is 1. The van der Waals surface area contributed by atoms with Gasteiger partial charge in [-0.25, -0.2) is 8.42 Å². The monoisotopic (exact) mass is 519 g/mol. The highest BCUT2D eigenvalue weighted by atomic mass is 32.2. The molecular formula is C26H37N3O6S. The molecule has 9 nitrogen and oxygen atoms in total. The zero-order chi connectivity index (χ0) is 27.0. The van der Waals surface area contributed by atoms with Crippen molar-refractivity contribution >= 4 is 27.5 Å². The molecule has 2 amide bonds. The van der Waals surface area contributed by atoms with Gasteiger partial charge in [-0.15, -0.1) is 0 Å². The van der Waals surface area contributed by atoms with E-state index in [1.807, 2.05) is 26.8 Å². The van der Waals surface area contributed by atoms with E-state index in [0.29, 0.717) is 11.5 Å². The quantitative estimate of drug-likeness (QED) is 0.462. The fraction of sp³-hybridized carbons (Fsp3) is 0.462. The minimum Gasteiger partial charge on any atom is -0.497 e. The highest BCUT2D eigenvalue weighted by Crippen LogP contribution is 2.31. The van der Waals surface area contributed by atoms with Crippen molar-refractivity contribution in [2.45, 2.75) is 52.7 Å². The molecule has 0 fully saturated rings. The number of nitrogens with zero attached hydrogens (tertiary/aromatic N) is 2. The summed E-state index contributed by atoms with van der Waals surface area (Å²) >= 11 is 0. The van der Waals surface area contributed by atoms with Crippen LogP contribution in [0.25, 0.3) is 0 Å². The molecular weight excluding hydrogens is 482 g/mol. The maximum atomic E-state index is 13.7. The van der Waals surface area contributed by atoms with Crippen molar-refractivity contribution < 1.29 is 27.5 Å². The van der Waals surface area contributed by atoms with Crippen LogP contribution < -0.4 is 19.1 Å². The van der Waals surface area contributed by atoms with Gasteiger partial charge in [-0.3, -0.25) is 13.9 Å². The SMILES string of the molecule is CC[C@@H](C)NC(=O)[C@@H](C)N(Cc1cccc(OC)c1)C(=O)CN(c1cc(C)ccc1OC)S(C)(=O)=O. The fourth-order valence-electron chi connectivity index (χ4n) is 3.61. The van der Waals surface area contributed by atoms with Crippen LogP contribution in [0.4, 0.5) is 5.69 Å². The normalized spacial score (nSPS) is 12.9. The van der Waals surface area contributed by atoms with Crippen LogP contribution in [0.15, 0.2) is 42.5 Å². The number of aryl methyl sites for hydroxylation is 1. The van der Waals surface area contributed by atoms with Gasteiger partial charge < -0.3 is 19.7 Å². The largest absolute Gasteiger partial charge is 0.497 e. The van der Waals surface area contributed by atoms with Gasteiger partial charge in [0, 0.05) is 12.6 Å². The second-order valence-electron chi connectivity index (χ2n) is 8.81. The summed E-state index contributed by atoms with van der Waals surface area (Å²) in [6, 6.07) is 11.3. The standard InChI is InChI=1S/C26H37N3O6S/c1-8-19(3)27-26(31)20(4)28(16-21-10-9-11-22(15-21)34-5)25(30)17-29(36(7,32)33)23-14-18(2)12-13-24(23)35-6/h9-15,19-20H,8,16-17H2,1-7H3,(H,27,31)/t19-,20-/m1/s1. The van der Waals surface area contributed by atoms with Crippen molar-refractivity contribution in [1.29, 1.82) is 0 Å². The zero-order valence-electron chi connectivity index (χ0n) is 22.1. The lowest BCUT2D eigenvalue weighted by molar-refractivity contribution is -0.139. The fourth-order valence-corrected chi connectivity index (χ4v) is 4.45. The maximum absolute atomic E-state index is 13.7. The molecule has 0 spiro atoms. The lowest BCUT2D eigenvalue weighted by Crippen LogP contribution is -2.52. The number of benzene rings is 2. The molecule has 198 valence electrons. The highest BCUT2D eigenvalue weighted by molar-refractivity contribution is 7.92. The third kappa shape index (κ3) is 7.61. The van der Waals surface area contributed by atoms with Gasteiger partial charge in [-0.05, 0) is 62.6 Å². The number of ether oxygens (including phenoxy) is 2. The molecule has 0 unspecified atom stereocenters. The number of carbonyl (C=O) groups excluding carboxylic acids is 2. The van der Waals surface area contributed by atoms with Crippen LogP contribution in [0.3, 0.4) is 0 Å². The van der Waals surface area contributed by atoms with Crippen molar-refractivity contribution in [3.63, 3.8) is 0 Å². The molecule has 2 atom stereocenters. The molecule has 1 N–H and O–H groups in total. The third-order valence-electron chi connectivity index (χ3n) is 5.94. The first-order valence-electron chi connectivity index (χ1n) is 11.8. The van der Waals surface area contributed by atoms with E-state index in [2.05, 4.69) is 5.32 Å². The Morgan fingerprint density at radius 2 is 1.75 bits per heavy atom. The van der Waals surface area contributed by atoms with E-state index in [1.165, 1.54) is 12.0 Å². The number of anilines is 1. The summed E-state index contributed by atoms with van der Waals surface area (Å²) in [5.41, 5.74) is 1.80. The first-order chi connectivity index (χ1) is 16.9. The molecule has 10 heteroatoms. The summed E-state index contributed by atoms with van der Waals surface area (Å²) in [6.45, 7) is 6.88. The Bertz CT molecular complexity index is 1170. The second kappa shape index (κ2) is 12.6. The molecule has 0 bridgehead atoms. The minimum absolute atomic E-state index is 0.0715. The lowest BCUT2D eigenvalue weighted by Gasteiger charge is -2.32. The van der Waals surface area contributed by atoms with Crippen LogP contribution in [0.1, 0.15) is 38.3 Å². The van der Waals surface area contributed by atoms with Gasteiger partial charge in [0.15, 0.2) is 0 Å². The molecule has 0 aliphatic rings. The number of methoxy groups -OCH3 is 2. The summed E-state index contributed by atoms with van der Waals surface area (Å²) in [5, 5.41) is 2.90. The van der Waals surface area contributed by atoms with E-state index < -0.39 is 28.5 Å². The Balaban J connectivity index is 2.47. The number of rotatable bonds is 12. The predicted octanol–water partition coefficient (Wildman–Crippen LogP) is 3.11. The Morgan fingerprint density at radius 3 is 2.33 bits per heavy atom. The second-order valence-corrected chi connectivity index (χ2v) is 10.7. The topological polar surface area (TPSA) is 105 Å². The highest BCUT2D eigenvalue weighted by Gasteiger charge is 2.31. The van der Waals surface area contributed by atoms with E-state index in [9.17, 15) is 18.0 Å². The van der Waals surface area contributed by atoms with E-state index in [4.69, 9.17) is 9.47 Å². The summed E-state index contributed by atoms with van der Waals surface area (Å²) in [4.78, 5) is 28.1. The summed E-state index contributed by atoms with van der Waals surface area (Å²) < 4.78 is 37.3. The summed E-state index contributed by atoms with van der Waals surface area (Å²) in [7, 11) is -0.881. The first kappa shape index (κ1) is 29.0. The van der Waals surface area contributed by atoms with Gasteiger partial charge in [0.25, 0.3) is 0 Å². The Hall–Kier alpha value is -3.27. The van der Waals surface area contributed by atoms with Gasteiger partial charge in [0.05, 0.1) is 26.2 Å². The average Bonchev–Trinajstić information content (AvgIpc) is 2.84. The molecule has 0 aliphatic carbocycles. The molecule has 0 saturated heterocycles. The molecule has 0 heterocycles. The zero-order valence-corrected chi connectivity index (χ0v) is 22.9. The van der Waals surface area contributed by atoms with E-state index >= 15 is 0 Å². The van der Waals surface area contributed by atoms with Gasteiger partial charge >= 0.3 is 0 Å². The van der Waals surface area contributed by atoms with Crippen molar-refractivity contribution in [2.24, 2.45) is 0 Å². The van der Waals surface area contributed by atoms with Crippen molar-refractivity contribution in [3.8, 4) is 11.5 Å². The first-order valence-corrected chi connectivity index (χ1v) is 13.6. The molecule has 2 aromatic rings. The number of hydrogen-bond donors (Lipinski definition) is 1. The van der Waals surface area contributed by atoms with E-state index in [1.54, 1.807) is 50.4 Å². The van der Waals surface area contributed by atoms with Crippen LogP contribution in [-0.2, 0) is 26.2 Å². The van der Waals surface area contributed by atoms with Crippen LogP contribution in [0.5, 0.6) is 11.5 Å². The molecule has 2 rings (SSSR count). The van der Waals surface area contributed by atoms with Gasteiger partial charge in [0.1, 0.15) is 24.1 Å². The number of hydrogen-bond acceptors (Lipinski definition) is 6. The number of nitrogens with one attached hydrogen (secondary N) is 1. The Labute approximate surface area is 214 Å². The maximum Gasteiger partial charge on any atom is 0.244 e. The third-order valence-corrected chi connectivity index (χ3v) is 7.06. The van der Waals surface area contributed by atoms with E-state index in [0.717, 1.165) is 28.1 Å². The van der Waals surface area contributed by atoms with Crippen LogP contribution in [0.2, 0.25) is 0 Å². The average molecular weight is 520 g/mol. The van der Waals surface area contributed by atoms with Crippen LogP contribution >= 0.6 is 0 Å². The summed E-state index contributed by atoms with van der Waals surface area (Å²) in [5.74, 6) is 0.0813. The molecule has 0 aliphatic heterocycles. The molecule has 0 aromatic heterocycles. The van der Waals surface area contributed by atoms with Gasteiger partial charge in [-0.2, -0.15) is 0 Å². The smallest absolute Gasteiger partial charge is 0.244 e. The number of amides is 2. The van der Waals surface area contributed by atoms with Gasteiger partial charge in [-0.1, -0.05) is 25.1 Å². The molecule has 2 aromatic carbocycles. The molecule has 36 heavy (non-hydrogen) atoms. The molecule has 0 saturated carbocycles. The minimum atomic E-state index is -3.86.